The van der Waals surface area contributed by atoms with Crippen molar-refractivity contribution in [3.05, 3.63) is 33.8 Å². The van der Waals surface area contributed by atoms with Crippen LogP contribution >= 0.6 is 27.5 Å². The van der Waals surface area contributed by atoms with Gasteiger partial charge in [0.15, 0.2) is 0 Å². The number of nitrogens with one attached hydrogen (secondary N) is 1. The summed E-state index contributed by atoms with van der Waals surface area (Å²) in [7, 11) is 0. The third-order valence-electron chi connectivity index (χ3n) is 2.79. The second-order valence-electron chi connectivity index (χ2n) is 4.87. The normalized spacial score (nSPS) is 12.6. The molecule has 0 spiro atoms. The van der Waals surface area contributed by atoms with Crippen molar-refractivity contribution in [2.24, 2.45) is 5.92 Å². The number of halogens is 2. The highest BCUT2D eigenvalue weighted by atomic mass is 79.9. The number of rotatable bonds is 5. The third-order valence-corrected chi connectivity index (χ3v) is 4.02. The van der Waals surface area contributed by atoms with Gasteiger partial charge in [0.25, 0.3) is 5.91 Å². The monoisotopic (exact) mass is 331 g/mol. The maximum atomic E-state index is 12.2. The summed E-state index contributed by atoms with van der Waals surface area (Å²) in [6.07, 6.45) is 0.891. The van der Waals surface area contributed by atoms with Crippen molar-refractivity contribution in [1.82, 2.24) is 5.32 Å². The van der Waals surface area contributed by atoms with E-state index in [1.807, 2.05) is 25.1 Å². The number of hydrogen-bond donors (Lipinski definition) is 1. The lowest BCUT2D eigenvalue weighted by molar-refractivity contribution is 0.0936. The van der Waals surface area contributed by atoms with E-state index in [4.69, 9.17) is 11.6 Å². The number of hydrogen-bond acceptors (Lipinski definition) is 1. The van der Waals surface area contributed by atoms with Gasteiger partial charge in [-0.2, -0.15) is 0 Å². The fourth-order valence-corrected chi connectivity index (χ4v) is 2.42. The van der Waals surface area contributed by atoms with Gasteiger partial charge in [-0.3, -0.25) is 4.79 Å². The van der Waals surface area contributed by atoms with Gasteiger partial charge in [-0.15, -0.1) is 11.6 Å². The van der Waals surface area contributed by atoms with E-state index in [2.05, 4.69) is 35.1 Å². The van der Waals surface area contributed by atoms with E-state index in [0.717, 1.165) is 16.5 Å². The topological polar surface area (TPSA) is 29.1 Å². The van der Waals surface area contributed by atoms with Crippen LogP contribution in [0.25, 0.3) is 0 Å². The molecule has 18 heavy (non-hydrogen) atoms. The predicted octanol–water partition coefficient (Wildman–Crippen LogP) is 4.14. The minimum absolute atomic E-state index is 0.0255. The van der Waals surface area contributed by atoms with Crippen LogP contribution in [0, 0.1) is 12.8 Å². The van der Waals surface area contributed by atoms with Crippen LogP contribution in [0.3, 0.4) is 0 Å². The molecule has 1 N–H and O–H groups in total. The van der Waals surface area contributed by atoms with Crippen molar-refractivity contribution in [1.29, 1.82) is 0 Å². The minimum atomic E-state index is -0.0555. The quantitative estimate of drug-likeness (QED) is 0.807. The molecular weight excluding hydrogens is 314 g/mol. The first-order valence-electron chi connectivity index (χ1n) is 6.07. The molecule has 0 saturated heterocycles. The second-order valence-corrected chi connectivity index (χ2v) is 6.03. The lowest BCUT2D eigenvalue weighted by Crippen LogP contribution is -2.37. The Morgan fingerprint density at radius 1 is 1.44 bits per heavy atom. The Kier molecular flexibility index (Phi) is 6.16. The number of amides is 1. The Hall–Kier alpha value is -0.540. The van der Waals surface area contributed by atoms with Crippen molar-refractivity contribution in [2.45, 2.75) is 33.2 Å². The molecule has 0 heterocycles. The summed E-state index contributed by atoms with van der Waals surface area (Å²) in [6, 6.07) is 5.65. The number of benzene rings is 1. The molecule has 0 aromatic heterocycles. The molecule has 0 aliphatic heterocycles. The van der Waals surface area contributed by atoms with Crippen molar-refractivity contribution in [3.8, 4) is 0 Å². The van der Waals surface area contributed by atoms with Crippen LogP contribution in [0.4, 0.5) is 0 Å². The maximum Gasteiger partial charge on any atom is 0.251 e. The summed E-state index contributed by atoms with van der Waals surface area (Å²) in [4.78, 5) is 12.2. The molecule has 1 atom stereocenters. The third kappa shape index (κ3) is 4.29. The minimum Gasteiger partial charge on any atom is -0.348 e. The molecule has 4 heteroatoms. The van der Waals surface area contributed by atoms with Gasteiger partial charge in [-0.1, -0.05) is 35.8 Å². The van der Waals surface area contributed by atoms with Gasteiger partial charge in [0, 0.05) is 22.0 Å². The van der Waals surface area contributed by atoms with Crippen LogP contribution < -0.4 is 5.32 Å². The fraction of sp³-hybridized carbons (Fsp3) is 0.500. The largest absolute Gasteiger partial charge is 0.348 e. The Labute approximate surface area is 122 Å². The smallest absolute Gasteiger partial charge is 0.251 e. The first kappa shape index (κ1) is 15.5. The fourth-order valence-electron chi connectivity index (χ4n) is 1.85. The standard InChI is InChI=1S/C14H19BrClNO/c1-9(2)7-11(8-16)17-14(18)12-5-4-6-13(15)10(12)3/h4-6,9,11H,7-8H2,1-3H3,(H,17,18). The second kappa shape index (κ2) is 7.15. The lowest BCUT2D eigenvalue weighted by Gasteiger charge is -2.19. The molecule has 1 rings (SSSR count). The highest BCUT2D eigenvalue weighted by Gasteiger charge is 2.16. The van der Waals surface area contributed by atoms with Crippen LogP contribution in [0.2, 0.25) is 0 Å². The van der Waals surface area contributed by atoms with E-state index >= 15 is 0 Å². The predicted molar refractivity (Wildman–Crippen MR) is 80.3 cm³/mol. The van der Waals surface area contributed by atoms with E-state index in [9.17, 15) is 4.79 Å². The van der Waals surface area contributed by atoms with Gasteiger partial charge in [-0.25, -0.2) is 0 Å². The Balaban J connectivity index is 2.78. The maximum absolute atomic E-state index is 12.2. The SMILES string of the molecule is Cc1c(Br)cccc1C(=O)NC(CCl)CC(C)C. The van der Waals surface area contributed by atoms with Crippen LogP contribution in [0.1, 0.15) is 36.2 Å². The van der Waals surface area contributed by atoms with E-state index in [-0.39, 0.29) is 11.9 Å². The van der Waals surface area contributed by atoms with Crippen LogP contribution in [0.15, 0.2) is 22.7 Å². The van der Waals surface area contributed by atoms with Crippen LogP contribution in [-0.2, 0) is 0 Å². The van der Waals surface area contributed by atoms with E-state index in [0.29, 0.717) is 17.4 Å². The zero-order chi connectivity index (χ0) is 13.7. The zero-order valence-corrected chi connectivity index (χ0v) is 13.3. The molecule has 1 aromatic carbocycles. The molecule has 2 nitrogen and oxygen atoms in total. The molecule has 0 radical (unpaired) electrons. The van der Waals surface area contributed by atoms with Crippen molar-refractivity contribution in [3.63, 3.8) is 0 Å². The molecule has 1 unspecified atom stereocenters. The van der Waals surface area contributed by atoms with Gasteiger partial charge in [0.05, 0.1) is 0 Å². The van der Waals surface area contributed by atoms with Gasteiger partial charge in [0.1, 0.15) is 0 Å². The first-order valence-corrected chi connectivity index (χ1v) is 7.40. The molecule has 0 bridgehead atoms. The summed E-state index contributed by atoms with van der Waals surface area (Å²) >= 11 is 9.32. The molecule has 0 aliphatic carbocycles. The van der Waals surface area contributed by atoms with Crippen LogP contribution in [-0.4, -0.2) is 17.8 Å². The molecule has 0 fully saturated rings. The molecule has 1 aromatic rings. The van der Waals surface area contributed by atoms with Gasteiger partial charge < -0.3 is 5.32 Å². The summed E-state index contributed by atoms with van der Waals surface area (Å²) in [5, 5.41) is 2.99. The Bertz CT molecular complexity index is 420. The van der Waals surface area contributed by atoms with Gasteiger partial charge in [-0.05, 0) is 37.0 Å². The zero-order valence-electron chi connectivity index (χ0n) is 11.0. The Morgan fingerprint density at radius 2 is 2.11 bits per heavy atom. The van der Waals surface area contributed by atoms with Gasteiger partial charge in [0.2, 0.25) is 0 Å². The number of carbonyl (C=O) groups is 1. The van der Waals surface area contributed by atoms with E-state index < -0.39 is 0 Å². The molecule has 1 amide bonds. The lowest BCUT2D eigenvalue weighted by atomic mass is 10.0. The highest BCUT2D eigenvalue weighted by Crippen LogP contribution is 2.19. The summed E-state index contributed by atoms with van der Waals surface area (Å²) in [5.74, 6) is 0.898. The number of carbonyl (C=O) groups excluding carboxylic acids is 1. The van der Waals surface area contributed by atoms with Crippen molar-refractivity contribution >= 4 is 33.4 Å². The van der Waals surface area contributed by atoms with E-state index in [1.165, 1.54) is 0 Å². The average Bonchev–Trinajstić information content (AvgIpc) is 2.31. The van der Waals surface area contributed by atoms with Crippen molar-refractivity contribution < 1.29 is 4.79 Å². The molecular formula is C14H19BrClNO. The summed E-state index contributed by atoms with van der Waals surface area (Å²) in [6.45, 7) is 6.17. The average molecular weight is 333 g/mol. The molecule has 0 saturated carbocycles. The molecule has 100 valence electrons. The van der Waals surface area contributed by atoms with E-state index in [1.54, 1.807) is 0 Å². The highest BCUT2D eigenvalue weighted by molar-refractivity contribution is 9.10. The summed E-state index contributed by atoms with van der Waals surface area (Å²) < 4.78 is 0.946. The number of alkyl halides is 1. The Morgan fingerprint density at radius 3 is 2.67 bits per heavy atom. The summed E-state index contributed by atoms with van der Waals surface area (Å²) in [5.41, 5.74) is 1.65. The van der Waals surface area contributed by atoms with Crippen molar-refractivity contribution in [2.75, 3.05) is 5.88 Å². The molecule has 0 aliphatic rings. The first-order chi connectivity index (χ1) is 8.45. The van der Waals surface area contributed by atoms with Crippen LogP contribution in [0.5, 0.6) is 0 Å². The van der Waals surface area contributed by atoms with Gasteiger partial charge >= 0.3 is 0 Å².